The molecule has 0 spiro atoms. The van der Waals surface area contributed by atoms with Crippen LogP contribution in [0.4, 0.5) is 18.9 Å². The van der Waals surface area contributed by atoms with Crippen LogP contribution in [-0.2, 0) is 9.59 Å². The summed E-state index contributed by atoms with van der Waals surface area (Å²) in [5.74, 6) is -1.11. The average molecular weight is 562 g/mol. The molecule has 3 aliphatic rings. The van der Waals surface area contributed by atoms with E-state index in [1.807, 2.05) is 19.2 Å². The van der Waals surface area contributed by atoms with Crippen LogP contribution < -0.4 is 20.7 Å². The number of hydrogen-bond donors (Lipinski definition) is 3. The molecular formula is C28H34F3N5O4. The molecule has 3 N–H and O–H groups in total. The van der Waals surface area contributed by atoms with Gasteiger partial charge >= 0.3 is 6.18 Å². The van der Waals surface area contributed by atoms with Crippen molar-refractivity contribution in [1.29, 1.82) is 0 Å². The third-order valence-corrected chi connectivity index (χ3v) is 7.78. The zero-order chi connectivity index (χ0) is 28.6. The molecule has 40 heavy (non-hydrogen) atoms. The number of halogens is 3. The van der Waals surface area contributed by atoms with Crippen LogP contribution >= 0.6 is 0 Å². The van der Waals surface area contributed by atoms with E-state index < -0.39 is 30.6 Å². The number of carbonyl (C=O) groups is 3. The lowest BCUT2D eigenvalue weighted by Gasteiger charge is -2.28. The summed E-state index contributed by atoms with van der Waals surface area (Å²) in [6.45, 7) is 2.60. The largest absolute Gasteiger partial charge is 0.493 e. The number of nitrogens with zero attached hydrogens (tertiary/aromatic N) is 2. The van der Waals surface area contributed by atoms with Gasteiger partial charge in [-0.1, -0.05) is 6.07 Å². The summed E-state index contributed by atoms with van der Waals surface area (Å²) in [6, 6.07) is 5.63. The van der Waals surface area contributed by atoms with Crippen LogP contribution in [0.25, 0.3) is 0 Å². The fourth-order valence-electron chi connectivity index (χ4n) is 5.62. The Labute approximate surface area is 230 Å². The summed E-state index contributed by atoms with van der Waals surface area (Å²) in [5.41, 5.74) is 1.26. The summed E-state index contributed by atoms with van der Waals surface area (Å²) in [6.07, 6.45) is 1.40. The minimum Gasteiger partial charge on any atom is -0.493 e. The van der Waals surface area contributed by atoms with E-state index in [0.717, 1.165) is 25.7 Å². The smallest absolute Gasteiger partial charge is 0.405 e. The van der Waals surface area contributed by atoms with Crippen molar-refractivity contribution in [2.75, 3.05) is 18.5 Å². The molecule has 9 nitrogen and oxygen atoms in total. The Bertz CT molecular complexity index is 1260. The van der Waals surface area contributed by atoms with Crippen LogP contribution in [0.3, 0.4) is 0 Å². The van der Waals surface area contributed by atoms with Gasteiger partial charge in [-0.3, -0.25) is 19.1 Å². The molecule has 1 aliphatic heterocycles. The van der Waals surface area contributed by atoms with Crippen LogP contribution in [0.2, 0.25) is 0 Å². The van der Waals surface area contributed by atoms with E-state index in [1.165, 1.54) is 0 Å². The molecule has 2 heterocycles. The van der Waals surface area contributed by atoms with Crippen LogP contribution in [0, 0.1) is 17.8 Å². The Kier molecular flexibility index (Phi) is 7.78. The monoisotopic (exact) mass is 561 g/mol. The van der Waals surface area contributed by atoms with Crippen molar-refractivity contribution in [2.24, 2.45) is 17.8 Å². The Morgan fingerprint density at radius 2 is 1.77 bits per heavy atom. The molecule has 2 atom stereocenters. The maximum absolute atomic E-state index is 13.7. The maximum atomic E-state index is 13.7. The van der Waals surface area contributed by atoms with Crippen molar-refractivity contribution in [3.63, 3.8) is 0 Å². The number of hydrogen-bond acceptors (Lipinski definition) is 5. The third kappa shape index (κ3) is 6.42. The number of rotatable bonds is 10. The molecule has 2 saturated carbocycles. The van der Waals surface area contributed by atoms with Gasteiger partial charge in [-0.05, 0) is 75.8 Å². The van der Waals surface area contributed by atoms with E-state index >= 15 is 0 Å². The molecule has 2 aromatic rings. The van der Waals surface area contributed by atoms with E-state index in [2.05, 4.69) is 15.7 Å². The van der Waals surface area contributed by atoms with E-state index in [-0.39, 0.29) is 36.8 Å². The molecule has 3 amide bonds. The third-order valence-electron chi connectivity index (χ3n) is 7.78. The Balaban J connectivity index is 1.33. The Morgan fingerprint density at radius 1 is 1.07 bits per heavy atom. The summed E-state index contributed by atoms with van der Waals surface area (Å²) >= 11 is 0. The minimum absolute atomic E-state index is 0.0231. The first-order valence-corrected chi connectivity index (χ1v) is 13.8. The normalized spacial score (nSPS) is 19.5. The van der Waals surface area contributed by atoms with Gasteiger partial charge in [0, 0.05) is 29.6 Å². The van der Waals surface area contributed by atoms with Gasteiger partial charge in [0.1, 0.15) is 24.0 Å². The number of benzene rings is 1. The number of ether oxygens (including phenoxy) is 1. The highest BCUT2D eigenvalue weighted by atomic mass is 19.4. The van der Waals surface area contributed by atoms with Crippen molar-refractivity contribution in [3.05, 3.63) is 41.7 Å². The minimum atomic E-state index is -4.50. The van der Waals surface area contributed by atoms with E-state index in [1.54, 1.807) is 35.1 Å². The second kappa shape index (κ2) is 11.1. The van der Waals surface area contributed by atoms with Crippen molar-refractivity contribution < 1.29 is 32.3 Å². The lowest BCUT2D eigenvalue weighted by Crippen LogP contribution is -2.50. The molecule has 0 radical (unpaired) electrons. The Morgan fingerprint density at radius 3 is 2.40 bits per heavy atom. The second-order valence-corrected chi connectivity index (χ2v) is 11.2. The number of fused-ring (bicyclic) bond motifs is 1. The summed E-state index contributed by atoms with van der Waals surface area (Å²) in [5, 5.41) is 12.1. The molecule has 0 saturated heterocycles. The summed E-state index contributed by atoms with van der Waals surface area (Å²) in [4.78, 5) is 39.5. The van der Waals surface area contributed by atoms with Crippen molar-refractivity contribution in [1.82, 2.24) is 20.4 Å². The standard InChI is InChI=1S/C28H34F3N5O4/c1-15(2)36-21(9-11-33-36)26(38)35-24(23(16-3-4-16)17-5-6-17)27(39)34-18-7-8-19-20(10-12-40-22(19)13-18)25(37)32-14-28(29,30)31/h7-9,11,13,15-17,20,23-24H,3-6,10,12,14H2,1-2H3,(H,32,37)(H,34,39)(H,35,38)/t20?,24-/m0/s1. The summed E-state index contributed by atoms with van der Waals surface area (Å²) in [7, 11) is 0. The molecule has 216 valence electrons. The fraction of sp³-hybridized carbons (Fsp3) is 0.571. The number of aromatic nitrogens is 2. The lowest BCUT2D eigenvalue weighted by atomic mass is 9.88. The highest BCUT2D eigenvalue weighted by Crippen LogP contribution is 2.51. The molecular weight excluding hydrogens is 527 g/mol. The van der Waals surface area contributed by atoms with Gasteiger partial charge in [-0.25, -0.2) is 0 Å². The lowest BCUT2D eigenvalue weighted by molar-refractivity contribution is -0.139. The van der Waals surface area contributed by atoms with Gasteiger partial charge in [0.25, 0.3) is 5.91 Å². The van der Waals surface area contributed by atoms with Gasteiger partial charge in [-0.2, -0.15) is 18.3 Å². The Hall–Kier alpha value is -3.57. The average Bonchev–Trinajstić information content (AvgIpc) is 3.85. The predicted octanol–water partition coefficient (Wildman–Crippen LogP) is 4.18. The highest BCUT2D eigenvalue weighted by Gasteiger charge is 2.48. The molecule has 2 aliphatic carbocycles. The number of nitrogens with one attached hydrogen (secondary N) is 3. The second-order valence-electron chi connectivity index (χ2n) is 11.2. The van der Waals surface area contributed by atoms with Gasteiger partial charge in [-0.15, -0.1) is 0 Å². The zero-order valence-electron chi connectivity index (χ0n) is 22.5. The number of anilines is 1. The number of carbonyl (C=O) groups excluding carboxylic acids is 3. The van der Waals surface area contributed by atoms with Crippen LogP contribution in [0.5, 0.6) is 5.75 Å². The van der Waals surface area contributed by atoms with Crippen molar-refractivity contribution in [3.8, 4) is 5.75 Å². The first kappa shape index (κ1) is 28.0. The van der Waals surface area contributed by atoms with Crippen molar-refractivity contribution in [2.45, 2.75) is 70.1 Å². The zero-order valence-corrected chi connectivity index (χ0v) is 22.5. The van der Waals surface area contributed by atoms with Gasteiger partial charge in [0.2, 0.25) is 11.8 Å². The quantitative estimate of drug-likeness (QED) is 0.403. The van der Waals surface area contributed by atoms with Gasteiger partial charge in [0.15, 0.2) is 0 Å². The van der Waals surface area contributed by atoms with E-state index in [4.69, 9.17) is 4.74 Å². The molecule has 12 heteroatoms. The van der Waals surface area contributed by atoms with Gasteiger partial charge < -0.3 is 20.7 Å². The predicted molar refractivity (Wildman–Crippen MR) is 140 cm³/mol. The molecule has 2 fully saturated rings. The SMILES string of the molecule is CC(C)n1nccc1C(=O)N[C@H](C(=O)Nc1ccc2c(c1)OCCC2C(=O)NCC(F)(F)F)C(C1CC1)C1CC1. The van der Waals surface area contributed by atoms with E-state index in [9.17, 15) is 27.6 Å². The maximum Gasteiger partial charge on any atom is 0.405 e. The molecule has 5 rings (SSSR count). The topological polar surface area (TPSA) is 114 Å². The van der Waals surface area contributed by atoms with Gasteiger partial charge in [0.05, 0.1) is 12.5 Å². The van der Waals surface area contributed by atoms with Crippen LogP contribution in [0.1, 0.15) is 74.0 Å². The fourth-order valence-corrected chi connectivity index (χ4v) is 5.62. The molecule has 1 aromatic heterocycles. The first-order valence-electron chi connectivity index (χ1n) is 13.8. The number of alkyl halides is 3. The first-order chi connectivity index (χ1) is 19.0. The molecule has 0 bridgehead atoms. The van der Waals surface area contributed by atoms with E-state index in [0.29, 0.717) is 34.5 Å². The number of amides is 3. The molecule has 1 unspecified atom stereocenters. The van der Waals surface area contributed by atoms with Crippen LogP contribution in [0.15, 0.2) is 30.5 Å². The van der Waals surface area contributed by atoms with Crippen LogP contribution in [-0.4, -0.2) is 52.9 Å². The highest BCUT2D eigenvalue weighted by molar-refractivity contribution is 6.01. The summed E-state index contributed by atoms with van der Waals surface area (Å²) < 4.78 is 45.1. The van der Waals surface area contributed by atoms with Crippen molar-refractivity contribution >= 4 is 23.4 Å². The molecule has 1 aromatic carbocycles.